The Kier molecular flexibility index (Phi) is 2.22. The van der Waals surface area contributed by atoms with E-state index < -0.39 is 4.92 Å². The van der Waals surface area contributed by atoms with Gasteiger partial charge in [0.1, 0.15) is 0 Å². The second-order valence-corrected chi connectivity index (χ2v) is 3.75. The van der Waals surface area contributed by atoms with E-state index in [0.29, 0.717) is 5.13 Å². The summed E-state index contributed by atoms with van der Waals surface area (Å²) in [6.07, 6.45) is 3.50. The molecule has 0 aromatic carbocycles. The monoisotopic (exact) mass is 229 g/mol. The van der Waals surface area contributed by atoms with Gasteiger partial charge < -0.3 is 0 Å². The molecule has 0 fully saturated rings. The Morgan fingerprint density at radius 3 is 2.64 bits per heavy atom. The van der Waals surface area contributed by atoms with E-state index in [1.807, 2.05) is 0 Å². The SMILES string of the molecule is O=[N+]([O-])c1sc(-n2cccc2)nc1Cl. The van der Waals surface area contributed by atoms with Crippen LogP contribution in [0, 0.1) is 10.1 Å². The Hall–Kier alpha value is -1.40. The first-order valence-electron chi connectivity index (χ1n) is 3.62. The highest BCUT2D eigenvalue weighted by molar-refractivity contribution is 7.17. The summed E-state index contributed by atoms with van der Waals surface area (Å²) in [5.41, 5.74) is 0. The Balaban J connectivity index is 2.48. The van der Waals surface area contributed by atoms with Gasteiger partial charge in [0, 0.05) is 12.4 Å². The number of hydrogen-bond donors (Lipinski definition) is 0. The van der Waals surface area contributed by atoms with Crippen LogP contribution >= 0.6 is 22.9 Å². The van der Waals surface area contributed by atoms with E-state index in [1.165, 1.54) is 0 Å². The highest BCUT2D eigenvalue weighted by atomic mass is 35.5. The van der Waals surface area contributed by atoms with Crippen molar-refractivity contribution >= 4 is 27.9 Å². The summed E-state index contributed by atoms with van der Waals surface area (Å²) < 4.78 is 1.67. The second kappa shape index (κ2) is 3.39. The number of hydrogen-bond acceptors (Lipinski definition) is 4. The van der Waals surface area contributed by atoms with E-state index in [4.69, 9.17) is 11.6 Å². The van der Waals surface area contributed by atoms with Crippen molar-refractivity contribution in [1.29, 1.82) is 0 Å². The van der Waals surface area contributed by atoms with Crippen molar-refractivity contribution in [3.8, 4) is 5.13 Å². The Morgan fingerprint density at radius 1 is 1.50 bits per heavy atom. The van der Waals surface area contributed by atoms with Gasteiger partial charge in [0.2, 0.25) is 10.3 Å². The number of nitrogens with zero attached hydrogens (tertiary/aromatic N) is 3. The van der Waals surface area contributed by atoms with Crippen LogP contribution in [0.2, 0.25) is 5.15 Å². The zero-order valence-corrected chi connectivity index (χ0v) is 8.33. The molecular formula is C7H4ClN3O2S. The maximum atomic E-state index is 10.5. The van der Waals surface area contributed by atoms with Crippen molar-refractivity contribution in [2.75, 3.05) is 0 Å². The van der Waals surface area contributed by atoms with Crippen LogP contribution in [0.4, 0.5) is 5.00 Å². The Morgan fingerprint density at radius 2 is 2.14 bits per heavy atom. The molecule has 0 aliphatic rings. The molecule has 72 valence electrons. The van der Waals surface area contributed by atoms with Gasteiger partial charge in [-0.25, -0.2) is 4.98 Å². The van der Waals surface area contributed by atoms with Crippen molar-refractivity contribution in [2.45, 2.75) is 0 Å². The predicted molar refractivity (Wildman–Crippen MR) is 53.1 cm³/mol. The maximum absolute atomic E-state index is 10.5. The van der Waals surface area contributed by atoms with Gasteiger partial charge in [0.15, 0.2) is 0 Å². The van der Waals surface area contributed by atoms with Crippen molar-refractivity contribution in [1.82, 2.24) is 9.55 Å². The molecule has 0 aliphatic carbocycles. The highest BCUT2D eigenvalue weighted by Gasteiger charge is 2.19. The van der Waals surface area contributed by atoms with Crippen LogP contribution in [0.5, 0.6) is 0 Å². The van der Waals surface area contributed by atoms with Gasteiger partial charge in [-0.2, -0.15) is 0 Å². The minimum Gasteiger partial charge on any atom is -0.300 e. The Bertz CT molecular complexity index is 465. The van der Waals surface area contributed by atoms with E-state index in [2.05, 4.69) is 4.98 Å². The lowest BCUT2D eigenvalue weighted by atomic mass is 10.7. The van der Waals surface area contributed by atoms with E-state index >= 15 is 0 Å². The zero-order chi connectivity index (χ0) is 10.1. The number of aromatic nitrogens is 2. The largest absolute Gasteiger partial charge is 0.364 e. The first-order valence-corrected chi connectivity index (χ1v) is 4.82. The lowest BCUT2D eigenvalue weighted by molar-refractivity contribution is -0.380. The van der Waals surface area contributed by atoms with Crippen molar-refractivity contribution in [3.05, 3.63) is 39.8 Å². The summed E-state index contributed by atoms with van der Waals surface area (Å²) in [5.74, 6) is 0. The minimum absolute atomic E-state index is 0.0660. The quantitative estimate of drug-likeness (QED) is 0.587. The smallest absolute Gasteiger partial charge is 0.300 e. The van der Waals surface area contributed by atoms with E-state index in [9.17, 15) is 10.1 Å². The van der Waals surface area contributed by atoms with Gasteiger partial charge in [-0.05, 0) is 23.5 Å². The van der Waals surface area contributed by atoms with Crippen LogP contribution in [0.1, 0.15) is 0 Å². The van der Waals surface area contributed by atoms with Gasteiger partial charge in [0.25, 0.3) is 0 Å². The molecule has 2 heterocycles. The summed E-state index contributed by atoms with van der Waals surface area (Å²) in [6.45, 7) is 0. The summed E-state index contributed by atoms with van der Waals surface area (Å²) in [6, 6.07) is 3.61. The third-order valence-corrected chi connectivity index (χ3v) is 2.95. The van der Waals surface area contributed by atoms with Crippen molar-refractivity contribution in [2.24, 2.45) is 0 Å². The number of nitro groups is 1. The third-order valence-electron chi connectivity index (χ3n) is 1.55. The molecular weight excluding hydrogens is 226 g/mol. The average molecular weight is 230 g/mol. The average Bonchev–Trinajstić information content (AvgIpc) is 2.70. The van der Waals surface area contributed by atoms with Crippen LogP contribution in [0.25, 0.3) is 5.13 Å². The van der Waals surface area contributed by atoms with Crippen LogP contribution in [-0.2, 0) is 0 Å². The van der Waals surface area contributed by atoms with Crippen LogP contribution in [0.3, 0.4) is 0 Å². The van der Waals surface area contributed by atoms with Crippen LogP contribution in [-0.4, -0.2) is 14.5 Å². The standard InChI is InChI=1S/C7H4ClN3O2S/c8-5-6(11(12)13)14-7(9-5)10-3-1-2-4-10/h1-4H. The zero-order valence-electron chi connectivity index (χ0n) is 6.75. The first-order chi connectivity index (χ1) is 6.68. The minimum atomic E-state index is -0.535. The molecule has 7 heteroatoms. The normalized spacial score (nSPS) is 10.4. The summed E-state index contributed by atoms with van der Waals surface area (Å²) in [7, 11) is 0. The molecule has 0 spiro atoms. The molecule has 0 radical (unpaired) electrons. The predicted octanol–water partition coefficient (Wildman–Crippen LogP) is 2.50. The van der Waals surface area contributed by atoms with Crippen LogP contribution in [0.15, 0.2) is 24.5 Å². The fourth-order valence-corrected chi connectivity index (χ4v) is 2.02. The second-order valence-electron chi connectivity index (χ2n) is 2.44. The molecule has 2 rings (SSSR count). The molecule has 0 atom stereocenters. The molecule has 2 aromatic heterocycles. The number of thiazole rings is 1. The summed E-state index contributed by atoms with van der Waals surface area (Å²) in [5, 5.41) is 10.8. The molecule has 0 saturated carbocycles. The molecule has 0 N–H and O–H groups in total. The fraction of sp³-hybridized carbons (Fsp3) is 0. The molecule has 5 nitrogen and oxygen atoms in total. The van der Waals surface area contributed by atoms with Gasteiger partial charge >= 0.3 is 5.00 Å². The number of halogens is 1. The molecule has 0 amide bonds. The number of rotatable bonds is 2. The topological polar surface area (TPSA) is 61.0 Å². The molecule has 2 aromatic rings. The Labute approximate surface area is 87.7 Å². The maximum Gasteiger partial charge on any atom is 0.364 e. The van der Waals surface area contributed by atoms with E-state index in [0.717, 1.165) is 11.3 Å². The highest BCUT2D eigenvalue weighted by Crippen LogP contribution is 2.32. The summed E-state index contributed by atoms with van der Waals surface area (Å²) in [4.78, 5) is 13.8. The molecule has 0 bridgehead atoms. The van der Waals surface area contributed by atoms with Crippen molar-refractivity contribution < 1.29 is 4.92 Å². The van der Waals surface area contributed by atoms with E-state index in [1.54, 1.807) is 29.1 Å². The fourth-order valence-electron chi connectivity index (χ4n) is 0.968. The molecule has 0 aliphatic heterocycles. The van der Waals surface area contributed by atoms with Gasteiger partial charge in [-0.15, -0.1) is 0 Å². The van der Waals surface area contributed by atoms with E-state index in [-0.39, 0.29) is 10.2 Å². The van der Waals surface area contributed by atoms with Gasteiger partial charge in [0.05, 0.1) is 4.92 Å². The third kappa shape index (κ3) is 1.49. The molecule has 0 saturated heterocycles. The van der Waals surface area contributed by atoms with Crippen LogP contribution < -0.4 is 0 Å². The first kappa shape index (κ1) is 9.17. The summed E-state index contributed by atoms with van der Waals surface area (Å²) >= 11 is 6.55. The molecule has 14 heavy (non-hydrogen) atoms. The van der Waals surface area contributed by atoms with Gasteiger partial charge in [-0.3, -0.25) is 14.7 Å². The molecule has 0 unspecified atom stereocenters. The van der Waals surface area contributed by atoms with Gasteiger partial charge in [-0.1, -0.05) is 11.6 Å². The lowest BCUT2D eigenvalue weighted by Gasteiger charge is -1.91. The lowest BCUT2D eigenvalue weighted by Crippen LogP contribution is -1.86. The van der Waals surface area contributed by atoms with Crippen molar-refractivity contribution in [3.63, 3.8) is 0 Å².